The van der Waals surface area contributed by atoms with Gasteiger partial charge in [0.05, 0.1) is 0 Å². The number of nitrogens with one attached hydrogen (secondary N) is 2. The summed E-state index contributed by atoms with van der Waals surface area (Å²) in [4.78, 5) is 2.21. The second-order valence-corrected chi connectivity index (χ2v) is 4.47. The van der Waals surface area contributed by atoms with Crippen LogP contribution in [-0.2, 0) is 0 Å². The molecule has 0 saturated carbocycles. The number of rotatable bonds is 7. The third-order valence-corrected chi connectivity index (χ3v) is 2.20. The number of likely N-dealkylation sites (N-methyl/N-ethyl adjacent to an activating group) is 1. The van der Waals surface area contributed by atoms with Crippen LogP contribution in [0.5, 0.6) is 0 Å². The van der Waals surface area contributed by atoms with Gasteiger partial charge in [0.2, 0.25) is 0 Å². The molecule has 13 heavy (non-hydrogen) atoms. The highest BCUT2D eigenvalue weighted by Gasteiger charge is 2.12. The monoisotopic (exact) mass is 187 g/mol. The van der Waals surface area contributed by atoms with Crippen LogP contribution in [0.1, 0.15) is 20.3 Å². The first-order valence-electron chi connectivity index (χ1n) is 5.02. The van der Waals surface area contributed by atoms with Gasteiger partial charge in [-0.2, -0.15) is 0 Å². The molecule has 0 aromatic carbocycles. The molecular formula is C10H25N3. The SMILES string of the molecule is CNC(C)(C)CNCCCN(C)C. The zero-order valence-corrected chi connectivity index (χ0v) is 9.78. The fourth-order valence-corrected chi connectivity index (χ4v) is 1.01. The standard InChI is InChI=1S/C10H25N3/c1-10(2,11-3)9-12-7-6-8-13(4)5/h11-12H,6-9H2,1-5H3. The van der Waals surface area contributed by atoms with Crippen molar-refractivity contribution < 1.29 is 0 Å². The molecule has 0 unspecified atom stereocenters. The van der Waals surface area contributed by atoms with Gasteiger partial charge in [0.25, 0.3) is 0 Å². The molecule has 0 aliphatic carbocycles. The van der Waals surface area contributed by atoms with Crippen molar-refractivity contribution in [2.75, 3.05) is 40.8 Å². The van der Waals surface area contributed by atoms with E-state index >= 15 is 0 Å². The topological polar surface area (TPSA) is 27.3 Å². The van der Waals surface area contributed by atoms with Crippen molar-refractivity contribution in [3.05, 3.63) is 0 Å². The molecular weight excluding hydrogens is 162 g/mol. The van der Waals surface area contributed by atoms with E-state index in [9.17, 15) is 0 Å². The number of nitrogens with zero attached hydrogens (tertiary/aromatic N) is 1. The summed E-state index contributed by atoms with van der Waals surface area (Å²) in [6, 6.07) is 0. The molecule has 0 saturated heterocycles. The van der Waals surface area contributed by atoms with Gasteiger partial charge >= 0.3 is 0 Å². The molecule has 3 nitrogen and oxygen atoms in total. The Hall–Kier alpha value is -0.120. The van der Waals surface area contributed by atoms with Crippen molar-refractivity contribution in [2.24, 2.45) is 0 Å². The summed E-state index contributed by atoms with van der Waals surface area (Å²) in [5.41, 5.74) is 0.206. The largest absolute Gasteiger partial charge is 0.315 e. The smallest absolute Gasteiger partial charge is 0.0246 e. The second-order valence-electron chi connectivity index (χ2n) is 4.47. The normalized spacial score (nSPS) is 12.5. The maximum Gasteiger partial charge on any atom is 0.0246 e. The van der Waals surface area contributed by atoms with Gasteiger partial charge in [0, 0.05) is 12.1 Å². The molecule has 0 aliphatic heterocycles. The molecule has 0 atom stereocenters. The summed E-state index contributed by atoms with van der Waals surface area (Å²) in [6.45, 7) is 7.69. The van der Waals surface area contributed by atoms with Crippen molar-refractivity contribution in [3.8, 4) is 0 Å². The number of hydrogen-bond acceptors (Lipinski definition) is 3. The third-order valence-electron chi connectivity index (χ3n) is 2.20. The van der Waals surface area contributed by atoms with Gasteiger partial charge in [-0.3, -0.25) is 0 Å². The molecule has 0 heterocycles. The maximum absolute atomic E-state index is 3.44. The quantitative estimate of drug-likeness (QED) is 0.569. The molecule has 2 N–H and O–H groups in total. The molecule has 0 aromatic rings. The molecule has 0 spiro atoms. The third kappa shape index (κ3) is 8.22. The van der Waals surface area contributed by atoms with Crippen LogP contribution in [0.3, 0.4) is 0 Å². The van der Waals surface area contributed by atoms with E-state index in [0.29, 0.717) is 0 Å². The lowest BCUT2D eigenvalue weighted by Crippen LogP contribution is -2.46. The summed E-state index contributed by atoms with van der Waals surface area (Å²) >= 11 is 0. The minimum absolute atomic E-state index is 0.206. The van der Waals surface area contributed by atoms with Crippen LogP contribution in [0.4, 0.5) is 0 Å². The average Bonchev–Trinajstić information content (AvgIpc) is 2.03. The van der Waals surface area contributed by atoms with Crippen LogP contribution in [0.25, 0.3) is 0 Å². The van der Waals surface area contributed by atoms with Gasteiger partial charge in [0.15, 0.2) is 0 Å². The van der Waals surface area contributed by atoms with E-state index < -0.39 is 0 Å². The minimum atomic E-state index is 0.206. The summed E-state index contributed by atoms with van der Waals surface area (Å²) in [5.74, 6) is 0. The molecule has 80 valence electrons. The summed E-state index contributed by atoms with van der Waals surface area (Å²) in [5, 5.41) is 6.71. The molecule has 0 fully saturated rings. The molecule has 0 aromatic heterocycles. The van der Waals surface area contributed by atoms with Gasteiger partial charge in [-0.15, -0.1) is 0 Å². The molecule has 0 rings (SSSR count). The van der Waals surface area contributed by atoms with Gasteiger partial charge < -0.3 is 15.5 Å². The van der Waals surface area contributed by atoms with E-state index in [1.54, 1.807) is 0 Å². The van der Waals surface area contributed by atoms with Crippen molar-refractivity contribution in [1.29, 1.82) is 0 Å². The first-order valence-corrected chi connectivity index (χ1v) is 5.02. The summed E-state index contributed by atoms with van der Waals surface area (Å²) in [7, 11) is 6.22. The van der Waals surface area contributed by atoms with E-state index in [2.05, 4.69) is 43.5 Å². The highest BCUT2D eigenvalue weighted by atomic mass is 15.1. The fraction of sp³-hybridized carbons (Fsp3) is 1.00. The van der Waals surface area contributed by atoms with E-state index in [1.165, 1.54) is 6.42 Å². The zero-order chi connectivity index (χ0) is 10.3. The Labute approximate surface area is 82.9 Å². The lowest BCUT2D eigenvalue weighted by atomic mass is 10.1. The van der Waals surface area contributed by atoms with Gasteiger partial charge in [-0.1, -0.05) is 0 Å². The Morgan fingerprint density at radius 2 is 1.85 bits per heavy atom. The van der Waals surface area contributed by atoms with Gasteiger partial charge in [-0.05, 0) is 54.5 Å². The van der Waals surface area contributed by atoms with E-state index in [4.69, 9.17) is 0 Å². The van der Waals surface area contributed by atoms with Gasteiger partial charge in [-0.25, -0.2) is 0 Å². The molecule has 0 amide bonds. The first-order chi connectivity index (χ1) is 5.98. The molecule has 3 heteroatoms. The minimum Gasteiger partial charge on any atom is -0.315 e. The Morgan fingerprint density at radius 1 is 1.23 bits per heavy atom. The van der Waals surface area contributed by atoms with E-state index in [1.807, 2.05) is 7.05 Å². The average molecular weight is 187 g/mol. The van der Waals surface area contributed by atoms with E-state index in [-0.39, 0.29) is 5.54 Å². The predicted octanol–water partition coefficient (Wildman–Crippen LogP) is 0.526. The Balaban J connectivity index is 3.26. The van der Waals surface area contributed by atoms with Crippen LogP contribution in [0.15, 0.2) is 0 Å². The fourth-order valence-electron chi connectivity index (χ4n) is 1.01. The van der Waals surface area contributed by atoms with Crippen molar-refractivity contribution in [2.45, 2.75) is 25.8 Å². The maximum atomic E-state index is 3.44. The summed E-state index contributed by atoms with van der Waals surface area (Å²) in [6.07, 6.45) is 1.22. The Morgan fingerprint density at radius 3 is 2.31 bits per heavy atom. The highest BCUT2D eigenvalue weighted by Crippen LogP contribution is 1.97. The van der Waals surface area contributed by atoms with Crippen molar-refractivity contribution in [3.63, 3.8) is 0 Å². The zero-order valence-electron chi connectivity index (χ0n) is 9.78. The van der Waals surface area contributed by atoms with Crippen LogP contribution < -0.4 is 10.6 Å². The predicted molar refractivity (Wildman–Crippen MR) is 59.2 cm³/mol. The van der Waals surface area contributed by atoms with Crippen molar-refractivity contribution in [1.82, 2.24) is 15.5 Å². The summed E-state index contributed by atoms with van der Waals surface area (Å²) < 4.78 is 0. The van der Waals surface area contributed by atoms with Crippen LogP contribution in [-0.4, -0.2) is 51.2 Å². The lowest BCUT2D eigenvalue weighted by molar-refractivity contribution is 0.367. The second kappa shape index (κ2) is 6.35. The highest BCUT2D eigenvalue weighted by molar-refractivity contribution is 4.77. The lowest BCUT2D eigenvalue weighted by Gasteiger charge is -2.24. The molecule has 0 radical (unpaired) electrons. The van der Waals surface area contributed by atoms with Crippen LogP contribution >= 0.6 is 0 Å². The van der Waals surface area contributed by atoms with E-state index in [0.717, 1.165) is 19.6 Å². The van der Waals surface area contributed by atoms with Gasteiger partial charge in [0.1, 0.15) is 0 Å². The molecule has 0 aliphatic rings. The number of hydrogen-bond donors (Lipinski definition) is 2. The Bertz CT molecular complexity index is 121. The van der Waals surface area contributed by atoms with Crippen molar-refractivity contribution >= 4 is 0 Å². The Kier molecular flexibility index (Phi) is 6.29. The van der Waals surface area contributed by atoms with Crippen LogP contribution in [0, 0.1) is 0 Å². The first kappa shape index (κ1) is 12.9. The van der Waals surface area contributed by atoms with Crippen LogP contribution in [0.2, 0.25) is 0 Å². The molecule has 0 bridgehead atoms.